The maximum absolute atomic E-state index is 14.6. The van der Waals surface area contributed by atoms with Gasteiger partial charge in [0.05, 0.1) is 84.2 Å². The molecule has 0 saturated heterocycles. The number of benzene rings is 2. The van der Waals surface area contributed by atoms with Gasteiger partial charge in [-0.25, -0.2) is 32.6 Å². The summed E-state index contributed by atoms with van der Waals surface area (Å²) in [5, 5.41) is 0. The molecule has 0 bridgehead atoms. The van der Waals surface area contributed by atoms with Crippen molar-refractivity contribution in [1.82, 2.24) is 4.72 Å². The van der Waals surface area contributed by atoms with E-state index in [1.54, 1.807) is 6.92 Å². The van der Waals surface area contributed by atoms with Gasteiger partial charge in [0.1, 0.15) is 5.75 Å². The fourth-order valence-corrected chi connectivity index (χ4v) is 4.55. The summed E-state index contributed by atoms with van der Waals surface area (Å²) in [7, 11) is -3.87. The number of nitrogens with one attached hydrogen (secondary N) is 1. The Labute approximate surface area is 267 Å². The van der Waals surface area contributed by atoms with E-state index in [2.05, 4.69) is 9.56 Å². The number of ether oxygens (including phenoxy) is 7. The van der Waals surface area contributed by atoms with Crippen molar-refractivity contribution in [2.45, 2.75) is 18.7 Å². The first-order chi connectivity index (χ1) is 22.2. The van der Waals surface area contributed by atoms with Crippen molar-refractivity contribution in [3.05, 3.63) is 59.2 Å². The molecule has 46 heavy (non-hydrogen) atoms. The van der Waals surface area contributed by atoms with Gasteiger partial charge in [-0.3, -0.25) is 0 Å². The fourth-order valence-electron chi connectivity index (χ4n) is 3.54. The average molecular weight is 677 g/mol. The molecule has 0 unspecified atom stereocenters. The third-order valence-electron chi connectivity index (χ3n) is 5.73. The minimum atomic E-state index is -3.87. The largest absolute Gasteiger partial charge is 0.463 e. The maximum Gasteiger partial charge on any atom is 0.333 e. The third-order valence-corrected chi connectivity index (χ3v) is 7.20. The maximum atomic E-state index is 14.6. The highest BCUT2D eigenvalue weighted by atomic mass is 32.2. The molecule has 0 aliphatic rings. The van der Waals surface area contributed by atoms with Crippen LogP contribution in [-0.4, -0.2) is 100 Å². The second-order valence-electron chi connectivity index (χ2n) is 9.27. The highest BCUT2D eigenvalue weighted by Gasteiger charge is 2.17. The summed E-state index contributed by atoms with van der Waals surface area (Å²) in [6.45, 7) is 7.24. The van der Waals surface area contributed by atoms with E-state index in [-0.39, 0.29) is 48.1 Å². The molecule has 0 fully saturated rings. The normalized spacial score (nSPS) is 12.0. The molecule has 2 rings (SSSR count). The highest BCUT2D eigenvalue weighted by Crippen LogP contribution is 2.30. The number of halogens is 2. The molecule has 2 aromatic rings. The Balaban J connectivity index is 1.63. The summed E-state index contributed by atoms with van der Waals surface area (Å²) in [4.78, 5) is 16.0. The molecular formula is C30H42F2N2O11S. The van der Waals surface area contributed by atoms with Gasteiger partial charge in [0.25, 0.3) is 0 Å². The number of hydrogen-bond acceptors (Lipinski definition) is 12. The van der Waals surface area contributed by atoms with Crippen molar-refractivity contribution in [2.75, 3.05) is 85.8 Å². The topological polar surface area (TPSA) is 163 Å². The average Bonchev–Trinajstić information content (AvgIpc) is 3.02. The molecule has 0 heterocycles. The Morgan fingerprint density at radius 2 is 1.28 bits per heavy atom. The number of nitrogens with two attached hydrogens (primary N) is 1. The minimum absolute atomic E-state index is 0.0147. The van der Waals surface area contributed by atoms with Crippen molar-refractivity contribution in [3.8, 4) is 11.5 Å². The molecule has 0 amide bonds. The lowest BCUT2D eigenvalue weighted by molar-refractivity contribution is -0.138. The summed E-state index contributed by atoms with van der Waals surface area (Å²) in [5.74, 6) is 1.61. The van der Waals surface area contributed by atoms with Crippen molar-refractivity contribution in [3.63, 3.8) is 0 Å². The van der Waals surface area contributed by atoms with Crippen LogP contribution in [0.2, 0.25) is 0 Å². The van der Waals surface area contributed by atoms with Gasteiger partial charge in [-0.05, 0) is 61.9 Å². The van der Waals surface area contributed by atoms with Crippen LogP contribution in [-0.2, 0) is 48.1 Å². The smallest absolute Gasteiger partial charge is 0.333 e. The zero-order chi connectivity index (χ0) is 33.6. The van der Waals surface area contributed by atoms with Gasteiger partial charge in [0.2, 0.25) is 10.0 Å². The van der Waals surface area contributed by atoms with E-state index < -0.39 is 33.4 Å². The van der Waals surface area contributed by atoms with Crippen LogP contribution >= 0.6 is 0 Å². The Hall–Kier alpha value is -3.06. The van der Waals surface area contributed by atoms with Gasteiger partial charge in [0, 0.05) is 12.1 Å². The molecule has 258 valence electrons. The Bertz CT molecular complexity index is 1290. The van der Waals surface area contributed by atoms with Crippen LogP contribution in [0, 0.1) is 11.6 Å². The summed E-state index contributed by atoms with van der Waals surface area (Å²) in [5.41, 5.74) is 0.277. The number of hydrogen-bond donors (Lipinski definition) is 2. The predicted octanol–water partition coefficient (Wildman–Crippen LogP) is 2.98. The molecule has 0 aromatic heterocycles. The molecule has 2 aromatic carbocycles. The highest BCUT2D eigenvalue weighted by molar-refractivity contribution is 7.89. The second kappa shape index (κ2) is 22.5. The molecule has 3 N–H and O–H groups in total. The first-order valence-electron chi connectivity index (χ1n) is 14.5. The van der Waals surface area contributed by atoms with E-state index >= 15 is 0 Å². The van der Waals surface area contributed by atoms with Gasteiger partial charge in [-0.15, -0.1) is 0 Å². The van der Waals surface area contributed by atoms with Crippen LogP contribution in [0.5, 0.6) is 11.5 Å². The standard InChI is InChI=1S/C30H42F2N2O11S/c1-3-43-30(35)23(2)20-24-21-27(31)29(28(32)22-24)45-25-4-6-26(7-5-25)46(36,37)34-8-9-38-10-11-39-12-13-40-14-15-41-16-17-42-18-19-44-33/h4-7,20-22,34H,3,8-19,33H2,1-2H3/b23-20+. The molecule has 0 radical (unpaired) electrons. The van der Waals surface area contributed by atoms with E-state index in [1.807, 2.05) is 0 Å². The molecule has 16 heteroatoms. The molecule has 0 atom stereocenters. The Morgan fingerprint density at radius 3 is 1.76 bits per heavy atom. The number of esters is 1. The van der Waals surface area contributed by atoms with Gasteiger partial charge in [0.15, 0.2) is 17.4 Å². The van der Waals surface area contributed by atoms with Crippen LogP contribution in [0.25, 0.3) is 6.08 Å². The van der Waals surface area contributed by atoms with Gasteiger partial charge in [-0.1, -0.05) is 0 Å². The van der Waals surface area contributed by atoms with Gasteiger partial charge >= 0.3 is 5.97 Å². The quantitative estimate of drug-likeness (QED) is 0.0685. The number of carbonyl (C=O) groups excluding carboxylic acids is 1. The van der Waals surface area contributed by atoms with Gasteiger partial charge < -0.3 is 38.0 Å². The number of carbonyl (C=O) groups is 1. The zero-order valence-corrected chi connectivity index (χ0v) is 26.8. The van der Waals surface area contributed by atoms with E-state index in [9.17, 15) is 22.0 Å². The molecule has 0 aliphatic carbocycles. The number of sulfonamides is 1. The van der Waals surface area contributed by atoms with E-state index in [0.717, 1.165) is 12.1 Å². The summed E-state index contributed by atoms with van der Waals surface area (Å²) in [6.07, 6.45) is 1.29. The molecule has 0 aliphatic heterocycles. The van der Waals surface area contributed by atoms with Crippen LogP contribution in [0.3, 0.4) is 0 Å². The van der Waals surface area contributed by atoms with Crippen LogP contribution in [0.15, 0.2) is 46.9 Å². The first kappa shape index (κ1) is 39.1. The lowest BCUT2D eigenvalue weighted by Crippen LogP contribution is -2.27. The van der Waals surface area contributed by atoms with Crippen molar-refractivity contribution >= 4 is 22.1 Å². The summed E-state index contributed by atoms with van der Waals surface area (Å²) in [6, 6.07) is 7.04. The van der Waals surface area contributed by atoms with Crippen LogP contribution < -0.4 is 15.4 Å². The second-order valence-corrected chi connectivity index (χ2v) is 11.0. The first-order valence-corrected chi connectivity index (χ1v) is 16.0. The lowest BCUT2D eigenvalue weighted by Gasteiger charge is -2.11. The minimum Gasteiger partial charge on any atom is -0.463 e. The predicted molar refractivity (Wildman–Crippen MR) is 163 cm³/mol. The van der Waals surface area contributed by atoms with E-state index in [1.165, 1.54) is 37.3 Å². The Kier molecular flexibility index (Phi) is 19.1. The molecule has 0 saturated carbocycles. The summed E-state index contributed by atoms with van der Waals surface area (Å²) >= 11 is 0. The fraction of sp³-hybridized carbons (Fsp3) is 0.500. The van der Waals surface area contributed by atoms with Crippen LogP contribution in [0.4, 0.5) is 8.78 Å². The summed E-state index contributed by atoms with van der Waals surface area (Å²) < 4.78 is 93.6. The van der Waals surface area contributed by atoms with Crippen molar-refractivity contribution < 1.29 is 60.0 Å². The SMILES string of the molecule is CCOC(=O)/C(C)=C/c1cc(F)c(Oc2ccc(S(=O)(=O)NCCOCCOCCOCCOCCOCCON)cc2)c(F)c1. The monoisotopic (exact) mass is 676 g/mol. The van der Waals surface area contributed by atoms with Gasteiger partial charge in [-0.2, -0.15) is 0 Å². The van der Waals surface area contributed by atoms with E-state index in [4.69, 9.17) is 39.1 Å². The lowest BCUT2D eigenvalue weighted by atomic mass is 10.1. The molecular weight excluding hydrogens is 634 g/mol. The third kappa shape index (κ3) is 15.5. The molecule has 13 nitrogen and oxygen atoms in total. The number of rotatable bonds is 25. The van der Waals surface area contributed by atoms with Crippen LogP contribution in [0.1, 0.15) is 19.4 Å². The van der Waals surface area contributed by atoms with Crippen molar-refractivity contribution in [2.24, 2.45) is 5.90 Å². The zero-order valence-electron chi connectivity index (χ0n) is 26.0. The molecule has 0 spiro atoms. The Morgan fingerprint density at radius 1 is 0.804 bits per heavy atom. The van der Waals surface area contributed by atoms with E-state index in [0.29, 0.717) is 59.5 Å². The van der Waals surface area contributed by atoms with Crippen molar-refractivity contribution in [1.29, 1.82) is 0 Å².